The monoisotopic (exact) mass is 472 g/mol. The standard InChI is InChI=1S/C21H18N4O2.C2HF3O2/c1-25(2)20-13-18(21(26)24-27)12-19(23-20)17-9-7-15(8-10-17)5-6-16-4-3-11-22-14-16;3-2(4,5)1(6)7/h3-4,7-14,27H,1-2H3,(H,24,26);(H,6,7). The fourth-order valence-electron chi connectivity index (χ4n) is 2.39. The highest BCUT2D eigenvalue weighted by atomic mass is 19.4. The van der Waals surface area contributed by atoms with Crippen molar-refractivity contribution in [1.29, 1.82) is 0 Å². The number of amides is 1. The molecule has 1 aromatic carbocycles. The molecule has 0 aliphatic carbocycles. The SMILES string of the molecule is CN(C)c1cc(C(=O)NO)cc(-c2ccc(C#Cc3cccnc3)cc2)n1.O=C(O)C(F)(F)F. The Morgan fingerprint density at radius 2 is 1.65 bits per heavy atom. The summed E-state index contributed by atoms with van der Waals surface area (Å²) >= 11 is 0. The third-order valence-electron chi connectivity index (χ3n) is 4.07. The van der Waals surface area contributed by atoms with Crippen LogP contribution in [0.4, 0.5) is 19.0 Å². The second kappa shape index (κ2) is 11.4. The lowest BCUT2D eigenvalue weighted by Gasteiger charge is -2.14. The molecular formula is C23H19F3N4O4. The van der Waals surface area contributed by atoms with E-state index in [1.807, 2.05) is 50.5 Å². The van der Waals surface area contributed by atoms with Gasteiger partial charge in [0.25, 0.3) is 5.91 Å². The van der Waals surface area contributed by atoms with E-state index in [0.29, 0.717) is 17.1 Å². The Balaban J connectivity index is 0.000000509. The van der Waals surface area contributed by atoms with Crippen LogP contribution >= 0.6 is 0 Å². The molecule has 0 radical (unpaired) electrons. The molecule has 0 aliphatic heterocycles. The van der Waals surface area contributed by atoms with Crippen LogP contribution in [0, 0.1) is 11.8 Å². The molecule has 2 aromatic heterocycles. The summed E-state index contributed by atoms with van der Waals surface area (Å²) in [6.45, 7) is 0. The van der Waals surface area contributed by atoms with Gasteiger partial charge in [0.05, 0.1) is 5.69 Å². The van der Waals surface area contributed by atoms with Gasteiger partial charge in [-0.05, 0) is 36.4 Å². The molecule has 0 bridgehead atoms. The lowest BCUT2D eigenvalue weighted by molar-refractivity contribution is -0.192. The molecule has 0 aliphatic rings. The Kier molecular flexibility index (Phi) is 8.69. The fourth-order valence-corrected chi connectivity index (χ4v) is 2.39. The van der Waals surface area contributed by atoms with Crippen molar-refractivity contribution in [2.24, 2.45) is 0 Å². The van der Waals surface area contributed by atoms with Crippen LogP contribution in [0.1, 0.15) is 21.5 Å². The number of aromatic nitrogens is 2. The molecule has 3 N–H and O–H groups in total. The molecule has 0 fully saturated rings. The van der Waals surface area contributed by atoms with Crippen molar-refractivity contribution in [1.82, 2.24) is 15.4 Å². The minimum absolute atomic E-state index is 0.326. The number of rotatable bonds is 3. The number of carbonyl (C=O) groups excluding carboxylic acids is 1. The third-order valence-corrected chi connectivity index (χ3v) is 4.07. The van der Waals surface area contributed by atoms with Gasteiger partial charge >= 0.3 is 12.1 Å². The van der Waals surface area contributed by atoms with Crippen molar-refractivity contribution in [2.45, 2.75) is 6.18 Å². The number of hydrogen-bond donors (Lipinski definition) is 3. The second-order valence-electron chi connectivity index (χ2n) is 6.81. The van der Waals surface area contributed by atoms with E-state index in [1.54, 1.807) is 34.9 Å². The predicted molar refractivity (Wildman–Crippen MR) is 117 cm³/mol. The highest BCUT2D eigenvalue weighted by molar-refractivity contribution is 5.95. The number of alkyl halides is 3. The first-order valence-corrected chi connectivity index (χ1v) is 9.47. The van der Waals surface area contributed by atoms with Gasteiger partial charge in [0, 0.05) is 48.7 Å². The van der Waals surface area contributed by atoms with Crippen molar-refractivity contribution in [3.8, 4) is 23.1 Å². The van der Waals surface area contributed by atoms with Crippen LogP contribution in [0.2, 0.25) is 0 Å². The van der Waals surface area contributed by atoms with E-state index in [1.165, 1.54) is 0 Å². The van der Waals surface area contributed by atoms with Crippen LogP contribution in [0.15, 0.2) is 60.9 Å². The van der Waals surface area contributed by atoms with Crippen molar-refractivity contribution >= 4 is 17.7 Å². The summed E-state index contributed by atoms with van der Waals surface area (Å²) in [5.41, 5.74) is 5.17. The predicted octanol–water partition coefficient (Wildman–Crippen LogP) is 3.36. The molecule has 1 amide bonds. The van der Waals surface area contributed by atoms with Gasteiger partial charge < -0.3 is 10.0 Å². The van der Waals surface area contributed by atoms with Crippen molar-refractivity contribution in [2.75, 3.05) is 19.0 Å². The normalized spacial score (nSPS) is 10.2. The van der Waals surface area contributed by atoms with Gasteiger partial charge in [-0.3, -0.25) is 15.0 Å². The van der Waals surface area contributed by atoms with Gasteiger partial charge in [0.15, 0.2) is 0 Å². The van der Waals surface area contributed by atoms with E-state index >= 15 is 0 Å². The summed E-state index contributed by atoms with van der Waals surface area (Å²) in [6, 6.07) is 14.6. The van der Waals surface area contributed by atoms with Gasteiger partial charge in [-0.1, -0.05) is 24.0 Å². The Morgan fingerprint density at radius 1 is 1.03 bits per heavy atom. The van der Waals surface area contributed by atoms with Crippen LogP contribution in [-0.4, -0.2) is 52.4 Å². The zero-order chi connectivity index (χ0) is 25.3. The summed E-state index contributed by atoms with van der Waals surface area (Å²) in [7, 11) is 3.67. The number of benzene rings is 1. The van der Waals surface area contributed by atoms with Gasteiger partial charge in [0.1, 0.15) is 5.82 Å². The third kappa shape index (κ3) is 7.61. The smallest absolute Gasteiger partial charge is 0.475 e. The maximum absolute atomic E-state index is 11.8. The van der Waals surface area contributed by atoms with Crippen LogP contribution in [0.3, 0.4) is 0 Å². The lowest BCUT2D eigenvalue weighted by atomic mass is 10.1. The lowest BCUT2D eigenvalue weighted by Crippen LogP contribution is -2.21. The number of anilines is 1. The first-order valence-electron chi connectivity index (χ1n) is 9.47. The number of nitrogens with one attached hydrogen (secondary N) is 1. The first-order chi connectivity index (χ1) is 16.0. The van der Waals surface area contributed by atoms with Crippen molar-refractivity contribution in [3.63, 3.8) is 0 Å². The van der Waals surface area contributed by atoms with Crippen LogP contribution in [0.25, 0.3) is 11.3 Å². The quantitative estimate of drug-likeness (QED) is 0.304. The Labute approximate surface area is 192 Å². The molecule has 0 spiro atoms. The zero-order valence-electron chi connectivity index (χ0n) is 18.0. The summed E-state index contributed by atoms with van der Waals surface area (Å²) < 4.78 is 31.7. The maximum atomic E-state index is 11.8. The summed E-state index contributed by atoms with van der Waals surface area (Å²) in [5.74, 6) is 3.43. The molecule has 0 unspecified atom stereocenters. The van der Waals surface area contributed by atoms with E-state index < -0.39 is 18.1 Å². The van der Waals surface area contributed by atoms with Crippen LogP contribution in [0.5, 0.6) is 0 Å². The number of halogens is 3. The molecule has 8 nitrogen and oxygen atoms in total. The number of nitrogens with zero attached hydrogens (tertiary/aromatic N) is 3. The first kappa shape index (κ1) is 25.8. The number of aliphatic carboxylic acids is 1. The molecule has 0 saturated heterocycles. The summed E-state index contributed by atoms with van der Waals surface area (Å²) in [4.78, 5) is 31.1. The Morgan fingerprint density at radius 3 is 2.15 bits per heavy atom. The van der Waals surface area contributed by atoms with Gasteiger partial charge in [0.2, 0.25) is 0 Å². The Bertz CT molecular complexity index is 1200. The highest BCUT2D eigenvalue weighted by Crippen LogP contribution is 2.23. The number of pyridine rings is 2. The minimum atomic E-state index is -5.08. The zero-order valence-corrected chi connectivity index (χ0v) is 18.0. The molecule has 0 atom stereocenters. The topological polar surface area (TPSA) is 116 Å². The maximum Gasteiger partial charge on any atom is 0.490 e. The van der Waals surface area contributed by atoms with Crippen molar-refractivity contribution < 1.29 is 33.1 Å². The second-order valence-corrected chi connectivity index (χ2v) is 6.81. The molecule has 3 rings (SSSR count). The average Bonchev–Trinajstić information content (AvgIpc) is 2.82. The van der Waals surface area contributed by atoms with Crippen molar-refractivity contribution in [3.05, 3.63) is 77.6 Å². The number of carbonyl (C=O) groups is 2. The van der Waals surface area contributed by atoms with E-state index in [2.05, 4.69) is 21.8 Å². The van der Waals surface area contributed by atoms with E-state index in [9.17, 15) is 18.0 Å². The number of carboxylic acids is 1. The molecule has 3 aromatic rings. The summed E-state index contributed by atoms with van der Waals surface area (Å²) in [6.07, 6.45) is -1.66. The van der Waals surface area contributed by atoms with Gasteiger partial charge in [-0.25, -0.2) is 15.3 Å². The number of carboxylic acid groups (broad SMARTS) is 1. The fraction of sp³-hybridized carbons (Fsp3) is 0.130. The molecular weight excluding hydrogens is 453 g/mol. The molecule has 34 heavy (non-hydrogen) atoms. The van der Waals surface area contributed by atoms with Crippen LogP contribution < -0.4 is 10.4 Å². The Hall–Kier alpha value is -4.43. The van der Waals surface area contributed by atoms with E-state index in [-0.39, 0.29) is 0 Å². The van der Waals surface area contributed by atoms with Gasteiger partial charge in [-0.15, -0.1) is 0 Å². The number of hydroxylamine groups is 1. The molecule has 2 heterocycles. The van der Waals surface area contributed by atoms with Gasteiger partial charge in [-0.2, -0.15) is 13.2 Å². The molecule has 176 valence electrons. The number of hydrogen-bond acceptors (Lipinski definition) is 6. The van der Waals surface area contributed by atoms with Crippen LogP contribution in [-0.2, 0) is 4.79 Å². The minimum Gasteiger partial charge on any atom is -0.475 e. The highest BCUT2D eigenvalue weighted by Gasteiger charge is 2.38. The van der Waals surface area contributed by atoms with E-state index in [4.69, 9.17) is 15.1 Å². The molecule has 0 saturated carbocycles. The average molecular weight is 472 g/mol. The molecule has 11 heteroatoms. The largest absolute Gasteiger partial charge is 0.490 e. The van der Waals surface area contributed by atoms with E-state index in [0.717, 1.165) is 16.7 Å². The summed E-state index contributed by atoms with van der Waals surface area (Å²) in [5, 5.41) is 16.0.